The molecule has 1 unspecified atom stereocenters. The first-order valence-corrected chi connectivity index (χ1v) is 6.07. The monoisotopic (exact) mass is 258 g/mol. The van der Waals surface area contributed by atoms with Gasteiger partial charge in [0, 0.05) is 30.7 Å². The largest absolute Gasteiger partial charge is 0.493 e. The van der Waals surface area contributed by atoms with Gasteiger partial charge in [0.2, 0.25) is 0 Å². The smallest absolute Gasteiger partial charge is 0.183 e. The first-order valence-electron chi connectivity index (χ1n) is 5.63. The van der Waals surface area contributed by atoms with Crippen LogP contribution in [0.1, 0.15) is 19.0 Å². The van der Waals surface area contributed by atoms with Crippen molar-refractivity contribution in [3.63, 3.8) is 0 Å². The standard InChI is InChI=1S/C12H19ClN2O2/c1-4-9(13)7-14-8-10-12(17-3)11(16-2)5-6-15-10/h5-6,9,14H,4,7-8H2,1-3H3. The molecule has 1 rings (SSSR count). The maximum Gasteiger partial charge on any atom is 0.183 e. The zero-order valence-corrected chi connectivity index (χ0v) is 11.3. The van der Waals surface area contributed by atoms with Gasteiger partial charge in [0.25, 0.3) is 0 Å². The summed E-state index contributed by atoms with van der Waals surface area (Å²) in [5, 5.41) is 3.39. The maximum absolute atomic E-state index is 6.02. The first kappa shape index (κ1) is 14.1. The molecule has 4 nitrogen and oxygen atoms in total. The van der Waals surface area contributed by atoms with Gasteiger partial charge in [0.15, 0.2) is 11.5 Å². The van der Waals surface area contributed by atoms with Crippen LogP contribution in [0.25, 0.3) is 0 Å². The minimum absolute atomic E-state index is 0.145. The third-order valence-electron chi connectivity index (χ3n) is 2.47. The van der Waals surface area contributed by atoms with Crippen molar-refractivity contribution in [1.29, 1.82) is 0 Å². The quantitative estimate of drug-likeness (QED) is 0.762. The molecule has 0 spiro atoms. The molecule has 0 fully saturated rings. The molecule has 0 radical (unpaired) electrons. The Hall–Kier alpha value is -1.00. The zero-order valence-electron chi connectivity index (χ0n) is 10.5. The van der Waals surface area contributed by atoms with Crippen molar-refractivity contribution >= 4 is 11.6 Å². The van der Waals surface area contributed by atoms with Crippen LogP contribution in [0, 0.1) is 0 Å². The Kier molecular flexibility index (Phi) is 6.08. The minimum Gasteiger partial charge on any atom is -0.493 e. The SMILES string of the molecule is CCC(Cl)CNCc1nccc(OC)c1OC. The topological polar surface area (TPSA) is 43.4 Å². The average Bonchev–Trinajstić information content (AvgIpc) is 2.37. The molecule has 0 amide bonds. The second-order valence-electron chi connectivity index (χ2n) is 3.63. The third kappa shape index (κ3) is 4.06. The van der Waals surface area contributed by atoms with E-state index in [1.165, 1.54) is 0 Å². The molecule has 17 heavy (non-hydrogen) atoms. The van der Waals surface area contributed by atoms with E-state index in [4.69, 9.17) is 21.1 Å². The van der Waals surface area contributed by atoms with Crippen LogP contribution in [-0.4, -0.2) is 31.1 Å². The third-order valence-corrected chi connectivity index (χ3v) is 2.93. The molecule has 96 valence electrons. The zero-order chi connectivity index (χ0) is 12.7. The molecule has 0 saturated carbocycles. The van der Waals surface area contributed by atoms with Gasteiger partial charge in [-0.2, -0.15) is 0 Å². The molecule has 0 aliphatic heterocycles. The number of hydrogen-bond acceptors (Lipinski definition) is 4. The van der Waals surface area contributed by atoms with Crippen LogP contribution in [-0.2, 0) is 6.54 Å². The van der Waals surface area contributed by atoms with Gasteiger partial charge in [0.05, 0.1) is 19.9 Å². The second-order valence-corrected chi connectivity index (χ2v) is 4.25. The van der Waals surface area contributed by atoms with E-state index in [2.05, 4.69) is 17.2 Å². The van der Waals surface area contributed by atoms with Gasteiger partial charge in [-0.1, -0.05) is 6.92 Å². The van der Waals surface area contributed by atoms with E-state index >= 15 is 0 Å². The van der Waals surface area contributed by atoms with Crippen LogP contribution >= 0.6 is 11.6 Å². The molecule has 0 saturated heterocycles. The van der Waals surface area contributed by atoms with E-state index in [1.54, 1.807) is 26.5 Å². The van der Waals surface area contributed by atoms with E-state index in [9.17, 15) is 0 Å². The number of nitrogens with zero attached hydrogens (tertiary/aromatic N) is 1. The van der Waals surface area contributed by atoms with Gasteiger partial charge < -0.3 is 14.8 Å². The van der Waals surface area contributed by atoms with Crippen LogP contribution in [0.4, 0.5) is 0 Å². The van der Waals surface area contributed by atoms with Gasteiger partial charge in [0.1, 0.15) is 0 Å². The van der Waals surface area contributed by atoms with Gasteiger partial charge in [-0.25, -0.2) is 0 Å². The predicted octanol–water partition coefficient (Wildman–Crippen LogP) is 2.21. The Labute approximate surface area is 107 Å². The fraction of sp³-hybridized carbons (Fsp3) is 0.583. The van der Waals surface area contributed by atoms with Crippen molar-refractivity contribution < 1.29 is 9.47 Å². The fourth-order valence-corrected chi connectivity index (χ4v) is 1.58. The highest BCUT2D eigenvalue weighted by Crippen LogP contribution is 2.28. The summed E-state index contributed by atoms with van der Waals surface area (Å²) in [5.41, 5.74) is 0.826. The molecular weight excluding hydrogens is 240 g/mol. The highest BCUT2D eigenvalue weighted by atomic mass is 35.5. The number of nitrogens with one attached hydrogen (secondary N) is 1. The van der Waals surface area contributed by atoms with Crippen LogP contribution < -0.4 is 14.8 Å². The van der Waals surface area contributed by atoms with Crippen molar-refractivity contribution in [3.8, 4) is 11.5 Å². The molecule has 0 aliphatic rings. The number of rotatable bonds is 7. The van der Waals surface area contributed by atoms with Gasteiger partial charge in [-0.05, 0) is 6.42 Å². The number of aromatic nitrogens is 1. The Morgan fingerprint density at radius 1 is 1.41 bits per heavy atom. The number of methoxy groups -OCH3 is 2. The van der Waals surface area contributed by atoms with Crippen molar-refractivity contribution in [2.45, 2.75) is 25.3 Å². The first-order chi connectivity index (χ1) is 8.22. The summed E-state index contributed by atoms with van der Waals surface area (Å²) in [6.07, 6.45) is 2.65. The predicted molar refractivity (Wildman–Crippen MR) is 69.0 cm³/mol. The molecule has 0 aromatic carbocycles. The Balaban J connectivity index is 2.64. The van der Waals surface area contributed by atoms with Gasteiger partial charge in [-0.3, -0.25) is 4.98 Å². The van der Waals surface area contributed by atoms with Crippen molar-refractivity contribution in [1.82, 2.24) is 10.3 Å². The highest BCUT2D eigenvalue weighted by Gasteiger charge is 2.10. The fourth-order valence-electron chi connectivity index (χ4n) is 1.47. The van der Waals surface area contributed by atoms with Crippen molar-refractivity contribution in [3.05, 3.63) is 18.0 Å². The van der Waals surface area contributed by atoms with Gasteiger partial charge in [-0.15, -0.1) is 11.6 Å². The minimum atomic E-state index is 0.145. The summed E-state index contributed by atoms with van der Waals surface area (Å²) in [6, 6.07) is 1.78. The van der Waals surface area contributed by atoms with Crippen LogP contribution in [0.15, 0.2) is 12.3 Å². The lowest BCUT2D eigenvalue weighted by atomic mass is 10.3. The van der Waals surface area contributed by atoms with Crippen LogP contribution in [0.2, 0.25) is 0 Å². The molecule has 0 bridgehead atoms. The van der Waals surface area contributed by atoms with E-state index in [1.807, 2.05) is 0 Å². The Morgan fingerprint density at radius 2 is 2.18 bits per heavy atom. The number of pyridine rings is 1. The lowest BCUT2D eigenvalue weighted by Gasteiger charge is -2.13. The lowest BCUT2D eigenvalue weighted by molar-refractivity contribution is 0.348. The summed E-state index contributed by atoms with van der Waals surface area (Å²) in [7, 11) is 3.22. The Morgan fingerprint density at radius 3 is 2.76 bits per heavy atom. The molecule has 1 atom stereocenters. The summed E-state index contributed by atoms with van der Waals surface area (Å²) >= 11 is 6.02. The van der Waals surface area contributed by atoms with Crippen molar-refractivity contribution in [2.75, 3.05) is 20.8 Å². The summed E-state index contributed by atoms with van der Waals surface area (Å²) in [6.45, 7) is 3.42. The molecule has 1 aromatic rings. The maximum atomic E-state index is 6.02. The Bertz CT molecular complexity index is 347. The van der Waals surface area contributed by atoms with Crippen molar-refractivity contribution in [2.24, 2.45) is 0 Å². The van der Waals surface area contributed by atoms with E-state index < -0.39 is 0 Å². The molecule has 1 N–H and O–H groups in total. The lowest BCUT2D eigenvalue weighted by Crippen LogP contribution is -2.23. The summed E-state index contributed by atoms with van der Waals surface area (Å²) in [5.74, 6) is 1.36. The van der Waals surface area contributed by atoms with Crippen LogP contribution in [0.5, 0.6) is 11.5 Å². The number of halogens is 1. The molecule has 5 heteroatoms. The normalized spacial score (nSPS) is 12.2. The summed E-state index contributed by atoms with van der Waals surface area (Å²) in [4.78, 5) is 4.27. The van der Waals surface area contributed by atoms with E-state index in [0.717, 1.165) is 18.7 Å². The summed E-state index contributed by atoms with van der Waals surface area (Å²) < 4.78 is 10.5. The van der Waals surface area contributed by atoms with Gasteiger partial charge >= 0.3 is 0 Å². The van der Waals surface area contributed by atoms with E-state index in [0.29, 0.717) is 18.0 Å². The highest BCUT2D eigenvalue weighted by molar-refractivity contribution is 6.20. The number of alkyl halides is 1. The second kappa shape index (κ2) is 7.35. The number of ether oxygens (including phenoxy) is 2. The number of hydrogen-bond donors (Lipinski definition) is 1. The molecule has 1 aromatic heterocycles. The average molecular weight is 259 g/mol. The molecule has 1 heterocycles. The molecular formula is C12H19ClN2O2. The van der Waals surface area contributed by atoms with E-state index in [-0.39, 0.29) is 5.38 Å². The molecule has 0 aliphatic carbocycles. The van der Waals surface area contributed by atoms with Crippen LogP contribution in [0.3, 0.4) is 0 Å².